The van der Waals surface area contributed by atoms with Crippen LogP contribution < -0.4 is 26.7 Å². The molecule has 8 heteroatoms. The molecule has 0 radical (unpaired) electrons. The van der Waals surface area contributed by atoms with Gasteiger partial charge in [0, 0.05) is 10.9 Å². The number of rotatable bonds is 1. The molecule has 22 heavy (non-hydrogen) atoms. The van der Waals surface area contributed by atoms with E-state index < -0.39 is 20.4 Å². The van der Waals surface area contributed by atoms with Gasteiger partial charge in [-0.1, -0.05) is 36.4 Å². The number of para-hydroxylation sites is 1. The van der Waals surface area contributed by atoms with Gasteiger partial charge >= 0.3 is 12.1 Å². The highest BCUT2D eigenvalue weighted by atomic mass is 31.2. The number of carbonyl (C=O) groups excluding carboxylic acids is 2. The standard InChI is InChI=1S/C14H13N4O3P/c15-13(19)17-18(14(16)20)22-12-8-4-2-6-10(12)9-5-1-3-7-11(9)21-22/h1-8H,(H2,16,20)(H3,15,17,19). The Bertz CT molecular complexity index is 752. The summed E-state index contributed by atoms with van der Waals surface area (Å²) in [6, 6.07) is 13.2. The van der Waals surface area contributed by atoms with Crippen LogP contribution in [0.25, 0.3) is 11.1 Å². The number of hydrazine groups is 1. The van der Waals surface area contributed by atoms with E-state index in [2.05, 4.69) is 5.43 Å². The number of carbonyl (C=O) groups is 2. The Kier molecular flexibility index (Phi) is 3.56. The Hall–Kier alpha value is -2.79. The summed E-state index contributed by atoms with van der Waals surface area (Å²) >= 11 is 0. The molecule has 0 aromatic heterocycles. The summed E-state index contributed by atoms with van der Waals surface area (Å²) in [6.07, 6.45) is 0. The van der Waals surface area contributed by atoms with Crippen molar-refractivity contribution in [2.24, 2.45) is 11.5 Å². The number of nitrogens with one attached hydrogen (secondary N) is 1. The van der Waals surface area contributed by atoms with Gasteiger partial charge in [0.05, 0.1) is 0 Å². The van der Waals surface area contributed by atoms with Crippen LogP contribution in [-0.2, 0) is 0 Å². The fourth-order valence-electron chi connectivity index (χ4n) is 2.22. The lowest BCUT2D eigenvalue weighted by Crippen LogP contribution is -2.50. The lowest BCUT2D eigenvalue weighted by atomic mass is 10.0. The zero-order chi connectivity index (χ0) is 15.7. The zero-order valence-electron chi connectivity index (χ0n) is 11.4. The fraction of sp³-hybridized carbons (Fsp3) is 0. The maximum Gasteiger partial charge on any atom is 0.340 e. The molecule has 5 N–H and O–H groups in total. The van der Waals surface area contributed by atoms with Crippen molar-refractivity contribution in [3.05, 3.63) is 48.5 Å². The Balaban J connectivity index is 2.11. The Morgan fingerprint density at radius 2 is 1.64 bits per heavy atom. The first-order valence-corrected chi connectivity index (χ1v) is 7.61. The first kappa shape index (κ1) is 14.2. The molecule has 1 aliphatic heterocycles. The topological polar surface area (TPSA) is 111 Å². The third-order valence-electron chi connectivity index (χ3n) is 3.08. The average molecular weight is 316 g/mol. The number of hydrogen-bond donors (Lipinski definition) is 3. The van der Waals surface area contributed by atoms with Gasteiger partial charge in [0.15, 0.2) is 0 Å². The number of nitrogens with two attached hydrogens (primary N) is 2. The first-order chi connectivity index (χ1) is 10.6. The molecule has 2 aromatic rings. The lowest BCUT2D eigenvalue weighted by molar-refractivity contribution is 0.210. The molecule has 1 aliphatic rings. The summed E-state index contributed by atoms with van der Waals surface area (Å²) in [4.78, 5) is 22.8. The summed E-state index contributed by atoms with van der Waals surface area (Å²) in [5, 5.41) is 0.767. The van der Waals surface area contributed by atoms with Crippen molar-refractivity contribution in [1.82, 2.24) is 10.2 Å². The quantitative estimate of drug-likeness (QED) is 0.549. The van der Waals surface area contributed by atoms with E-state index in [0.717, 1.165) is 21.2 Å². The number of fused-ring (bicyclic) bond motifs is 3. The maximum atomic E-state index is 11.7. The molecule has 4 amide bonds. The molecule has 1 unspecified atom stereocenters. The number of hydrogen-bond acceptors (Lipinski definition) is 3. The van der Waals surface area contributed by atoms with Crippen LogP contribution in [0.4, 0.5) is 9.59 Å². The van der Waals surface area contributed by atoms with Crippen molar-refractivity contribution in [2.45, 2.75) is 0 Å². The molecule has 7 nitrogen and oxygen atoms in total. The number of amides is 4. The minimum atomic E-state index is -1.66. The summed E-state index contributed by atoms with van der Waals surface area (Å²) in [5.74, 6) is 0.616. The van der Waals surface area contributed by atoms with Crippen LogP contribution in [-0.4, -0.2) is 16.8 Å². The van der Waals surface area contributed by atoms with Crippen LogP contribution in [0.15, 0.2) is 48.5 Å². The van der Waals surface area contributed by atoms with Crippen LogP contribution in [0, 0.1) is 0 Å². The zero-order valence-corrected chi connectivity index (χ0v) is 12.3. The van der Waals surface area contributed by atoms with E-state index in [9.17, 15) is 9.59 Å². The van der Waals surface area contributed by atoms with E-state index in [1.165, 1.54) is 0 Å². The molecule has 0 fully saturated rings. The van der Waals surface area contributed by atoms with Crippen LogP contribution in [0.1, 0.15) is 0 Å². The van der Waals surface area contributed by atoms with E-state index in [0.29, 0.717) is 5.75 Å². The van der Waals surface area contributed by atoms with Gasteiger partial charge in [0.25, 0.3) is 0 Å². The van der Waals surface area contributed by atoms with Gasteiger partial charge in [-0.15, -0.1) is 0 Å². The third-order valence-corrected chi connectivity index (χ3v) is 4.91. The van der Waals surface area contributed by atoms with Crippen molar-refractivity contribution in [2.75, 3.05) is 0 Å². The summed E-state index contributed by atoms with van der Waals surface area (Å²) < 4.78 is 6.84. The molecule has 3 rings (SSSR count). The highest BCUT2D eigenvalue weighted by Crippen LogP contribution is 2.49. The molecule has 112 valence electrons. The minimum Gasteiger partial charge on any atom is -0.447 e. The van der Waals surface area contributed by atoms with E-state index >= 15 is 0 Å². The normalized spacial score (nSPS) is 15.0. The van der Waals surface area contributed by atoms with E-state index in [1.54, 1.807) is 6.07 Å². The highest BCUT2D eigenvalue weighted by Gasteiger charge is 2.34. The largest absolute Gasteiger partial charge is 0.447 e. The molecule has 0 spiro atoms. The number of primary amides is 2. The predicted molar refractivity (Wildman–Crippen MR) is 83.2 cm³/mol. The van der Waals surface area contributed by atoms with Gasteiger partial charge in [-0.3, -0.25) is 0 Å². The molecule has 1 atom stereocenters. The van der Waals surface area contributed by atoms with Crippen molar-refractivity contribution in [3.63, 3.8) is 0 Å². The number of benzene rings is 2. The van der Waals surface area contributed by atoms with Crippen LogP contribution in [0.3, 0.4) is 0 Å². The van der Waals surface area contributed by atoms with Crippen molar-refractivity contribution in [3.8, 4) is 16.9 Å². The van der Waals surface area contributed by atoms with E-state index in [4.69, 9.17) is 16.0 Å². The van der Waals surface area contributed by atoms with Gasteiger partial charge in [-0.2, -0.15) is 4.78 Å². The number of nitrogens with zero attached hydrogens (tertiary/aromatic N) is 1. The first-order valence-electron chi connectivity index (χ1n) is 6.40. The lowest BCUT2D eigenvalue weighted by Gasteiger charge is -2.33. The smallest absolute Gasteiger partial charge is 0.340 e. The van der Waals surface area contributed by atoms with Crippen LogP contribution >= 0.6 is 8.30 Å². The molecule has 0 bridgehead atoms. The molecule has 0 aliphatic carbocycles. The van der Waals surface area contributed by atoms with Crippen LogP contribution in [0.5, 0.6) is 5.75 Å². The second-order valence-electron chi connectivity index (χ2n) is 4.50. The molecule has 0 saturated heterocycles. The Labute approximate surface area is 127 Å². The monoisotopic (exact) mass is 316 g/mol. The molecule has 1 heterocycles. The van der Waals surface area contributed by atoms with Gasteiger partial charge in [-0.25, -0.2) is 15.0 Å². The van der Waals surface area contributed by atoms with Crippen molar-refractivity contribution < 1.29 is 14.1 Å². The van der Waals surface area contributed by atoms with Gasteiger partial charge in [0.2, 0.25) is 8.30 Å². The Morgan fingerprint density at radius 1 is 1.00 bits per heavy atom. The highest BCUT2D eigenvalue weighted by molar-refractivity contribution is 7.60. The molecular formula is C14H13N4O3P. The fourth-order valence-corrected chi connectivity index (χ4v) is 3.95. The van der Waals surface area contributed by atoms with E-state index in [-0.39, 0.29) is 0 Å². The summed E-state index contributed by atoms with van der Waals surface area (Å²) in [7, 11) is -1.66. The third kappa shape index (κ3) is 2.42. The van der Waals surface area contributed by atoms with Gasteiger partial charge < -0.3 is 16.0 Å². The Morgan fingerprint density at radius 3 is 2.32 bits per heavy atom. The van der Waals surface area contributed by atoms with Crippen molar-refractivity contribution >= 4 is 25.7 Å². The van der Waals surface area contributed by atoms with Gasteiger partial charge in [0.1, 0.15) is 5.75 Å². The maximum absolute atomic E-state index is 11.7. The van der Waals surface area contributed by atoms with Crippen molar-refractivity contribution in [1.29, 1.82) is 0 Å². The molecular weight excluding hydrogens is 303 g/mol. The average Bonchev–Trinajstić information content (AvgIpc) is 2.51. The SMILES string of the molecule is NC(=O)NN(C(N)=O)P1Oc2ccccc2-c2ccccc21. The number of urea groups is 2. The van der Waals surface area contributed by atoms with E-state index in [1.807, 2.05) is 42.5 Å². The predicted octanol–water partition coefficient (Wildman–Crippen LogP) is 1.65. The minimum absolute atomic E-state index is 0.616. The molecule has 0 saturated carbocycles. The summed E-state index contributed by atoms with van der Waals surface area (Å²) in [5.41, 5.74) is 14.5. The summed E-state index contributed by atoms with van der Waals surface area (Å²) in [6.45, 7) is 0. The molecule has 2 aromatic carbocycles. The second-order valence-corrected chi connectivity index (χ2v) is 6.11. The van der Waals surface area contributed by atoms with Crippen LogP contribution in [0.2, 0.25) is 0 Å². The van der Waals surface area contributed by atoms with Gasteiger partial charge in [-0.05, 0) is 17.7 Å². The second kappa shape index (κ2) is 5.54.